The summed E-state index contributed by atoms with van der Waals surface area (Å²) in [6.45, 7) is 0. The second-order valence-corrected chi connectivity index (χ2v) is 8.59. The van der Waals surface area contributed by atoms with Crippen LogP contribution < -0.4 is 93.8 Å². The number of nitrogens with zero attached hydrogens (tertiary/aromatic N) is 2. The minimum Gasteiger partial charge on any atom is -0.872 e. The van der Waals surface area contributed by atoms with Gasteiger partial charge in [-0.05, 0) is 30.3 Å². The van der Waals surface area contributed by atoms with Gasteiger partial charge in [-0.1, -0.05) is 23.9 Å². The molecular weight excluding hydrogens is 509 g/mol. The summed E-state index contributed by atoms with van der Waals surface area (Å²) in [5.74, 6) is -2.26. The van der Waals surface area contributed by atoms with E-state index in [1.807, 2.05) is 0 Å². The van der Waals surface area contributed by atoms with E-state index in [0.29, 0.717) is 0 Å². The topological polar surface area (TPSA) is 199 Å². The van der Waals surface area contributed by atoms with E-state index in [1.54, 1.807) is 0 Å². The summed E-state index contributed by atoms with van der Waals surface area (Å²) < 4.78 is 69.4. The molecule has 16 heteroatoms. The zero-order chi connectivity index (χ0) is 22.3. The van der Waals surface area contributed by atoms with Gasteiger partial charge in [-0.15, -0.1) is 0 Å². The van der Waals surface area contributed by atoms with Crippen LogP contribution in [0.1, 0.15) is 10.4 Å². The molecule has 0 saturated heterocycles. The molecule has 0 bridgehead atoms. The molecule has 0 saturated carbocycles. The Kier molecular flexibility index (Phi) is 12.4. The Morgan fingerprint density at radius 3 is 1.88 bits per heavy atom. The Morgan fingerprint density at radius 1 is 0.758 bits per heavy atom. The van der Waals surface area contributed by atoms with Crippen molar-refractivity contribution in [2.24, 2.45) is 10.2 Å². The minimum atomic E-state index is -5.09. The first-order chi connectivity index (χ1) is 13.9. The molecule has 0 aliphatic rings. The second kappa shape index (κ2) is 12.5. The van der Waals surface area contributed by atoms with Gasteiger partial charge in [-0.2, -0.15) is 10.2 Å². The maximum absolute atomic E-state index is 11.6. The first-order valence-corrected chi connectivity index (χ1v) is 10.6. The van der Waals surface area contributed by atoms with E-state index in [9.17, 15) is 35.8 Å². The molecule has 0 fully saturated rings. The summed E-state index contributed by atoms with van der Waals surface area (Å²) in [5, 5.41) is 27.2. The first kappa shape index (κ1) is 32.6. The van der Waals surface area contributed by atoms with Crippen molar-refractivity contribution < 1.29 is 130 Å². The third kappa shape index (κ3) is 7.80. The van der Waals surface area contributed by atoms with E-state index in [-0.39, 0.29) is 111 Å². The number of hydrogen-bond donors (Lipinski definition) is 1. The number of rotatable bonds is 5. The van der Waals surface area contributed by atoms with Gasteiger partial charge in [0.2, 0.25) is 0 Å². The van der Waals surface area contributed by atoms with Crippen molar-refractivity contribution in [3.05, 3.63) is 54.1 Å². The number of carboxylic acids is 1. The molecule has 0 radical (unpaired) electrons. The standard InChI is InChI=1S/C17H12N2O9S2.3Na/c20-14-5-4-9(6-13(14)17(21)22)18-19-10-7-12-11(16(8-10)30(26,27)28)2-1-3-15(12)29(23,24)25;;;/h1-8,20H,(H,21,22)(H,23,24,25)(H,26,27,28);;;/q;3*+1/p-3. The summed E-state index contributed by atoms with van der Waals surface area (Å²) in [6, 6.07) is 8.09. The van der Waals surface area contributed by atoms with Crippen molar-refractivity contribution in [2.45, 2.75) is 9.79 Å². The van der Waals surface area contributed by atoms with Crippen LogP contribution in [0.25, 0.3) is 10.8 Å². The van der Waals surface area contributed by atoms with Crippen LogP contribution >= 0.6 is 0 Å². The SMILES string of the molecule is O=C(O)c1cc(N=Nc2cc(S(=O)(=O)[O-])c3cccc(S(=O)(=O)[O-])c3c2)ccc1[O-].[Na+].[Na+].[Na+]. The monoisotopic (exact) mass is 518 g/mol. The number of carboxylic acid groups (broad SMARTS) is 1. The molecule has 0 aromatic heterocycles. The Bertz CT molecular complexity index is 1440. The predicted octanol–water partition coefficient (Wildman–Crippen LogP) is -7.15. The van der Waals surface area contributed by atoms with Crippen molar-refractivity contribution >= 4 is 48.4 Å². The van der Waals surface area contributed by atoms with Crippen molar-refractivity contribution in [1.29, 1.82) is 0 Å². The first-order valence-electron chi connectivity index (χ1n) is 7.82. The van der Waals surface area contributed by atoms with Gasteiger partial charge >= 0.3 is 94.6 Å². The molecule has 0 atom stereocenters. The van der Waals surface area contributed by atoms with Gasteiger partial charge in [-0.25, -0.2) is 21.6 Å². The van der Waals surface area contributed by atoms with Gasteiger partial charge in [-0.3, -0.25) is 0 Å². The smallest absolute Gasteiger partial charge is 0.872 e. The molecule has 0 amide bonds. The zero-order valence-corrected chi connectivity index (χ0v) is 25.2. The molecule has 3 rings (SSSR count). The molecule has 3 aromatic rings. The number of benzene rings is 3. The third-order valence-electron chi connectivity index (χ3n) is 3.92. The Balaban J connectivity index is 0.00000341. The van der Waals surface area contributed by atoms with Gasteiger partial charge in [0, 0.05) is 10.8 Å². The fourth-order valence-electron chi connectivity index (χ4n) is 2.65. The van der Waals surface area contributed by atoms with Gasteiger partial charge in [0.05, 0.1) is 26.7 Å². The van der Waals surface area contributed by atoms with E-state index in [4.69, 9.17) is 5.11 Å². The normalized spacial score (nSPS) is 11.3. The summed E-state index contributed by atoms with van der Waals surface area (Å²) >= 11 is 0. The molecule has 1 N–H and O–H groups in total. The molecular formula is C17H9N2Na3O9S2. The van der Waals surface area contributed by atoms with E-state index in [0.717, 1.165) is 48.5 Å². The van der Waals surface area contributed by atoms with Crippen LogP contribution in [-0.2, 0) is 20.2 Å². The van der Waals surface area contributed by atoms with Crippen molar-refractivity contribution in [3.8, 4) is 5.75 Å². The van der Waals surface area contributed by atoms with Crippen LogP contribution in [0.4, 0.5) is 11.4 Å². The average Bonchev–Trinajstić information content (AvgIpc) is 2.64. The van der Waals surface area contributed by atoms with Crippen LogP contribution in [0.5, 0.6) is 5.75 Å². The van der Waals surface area contributed by atoms with Gasteiger partial charge < -0.3 is 19.3 Å². The molecule has 3 aromatic carbocycles. The minimum absolute atomic E-state index is 0. The fourth-order valence-corrected chi connectivity index (χ4v) is 4.05. The summed E-state index contributed by atoms with van der Waals surface area (Å²) in [6.07, 6.45) is 0. The summed E-state index contributed by atoms with van der Waals surface area (Å²) in [5.41, 5.74) is -0.952. The molecule has 33 heavy (non-hydrogen) atoms. The van der Waals surface area contributed by atoms with Crippen LogP contribution in [0.2, 0.25) is 0 Å². The Hall–Kier alpha value is -0.390. The summed E-state index contributed by atoms with van der Waals surface area (Å²) in [7, 11) is -10.1. The number of aromatic carboxylic acids is 1. The van der Waals surface area contributed by atoms with E-state index in [2.05, 4.69) is 10.2 Å². The molecule has 0 aliphatic heterocycles. The maximum Gasteiger partial charge on any atom is 1.00 e. The van der Waals surface area contributed by atoms with E-state index >= 15 is 0 Å². The summed E-state index contributed by atoms with van der Waals surface area (Å²) in [4.78, 5) is 9.44. The molecule has 156 valence electrons. The van der Waals surface area contributed by atoms with Crippen molar-refractivity contribution in [1.82, 2.24) is 0 Å². The van der Waals surface area contributed by atoms with Crippen molar-refractivity contribution in [3.63, 3.8) is 0 Å². The predicted molar refractivity (Wildman–Crippen MR) is 96.9 cm³/mol. The second-order valence-electron chi connectivity index (χ2n) is 5.89. The van der Waals surface area contributed by atoms with Gasteiger partial charge in [0.1, 0.15) is 20.2 Å². The fraction of sp³-hybridized carbons (Fsp3) is 0. The number of hydrogen-bond acceptors (Lipinski definition) is 10. The Labute approximate surface area is 254 Å². The van der Waals surface area contributed by atoms with Crippen LogP contribution in [-0.4, -0.2) is 37.0 Å². The van der Waals surface area contributed by atoms with Crippen LogP contribution in [0.15, 0.2) is 68.6 Å². The van der Waals surface area contributed by atoms with Crippen LogP contribution in [0, 0.1) is 0 Å². The molecule has 0 spiro atoms. The molecule has 0 aliphatic carbocycles. The molecule has 11 nitrogen and oxygen atoms in total. The quantitative estimate of drug-likeness (QED) is 0.194. The molecule has 0 heterocycles. The Morgan fingerprint density at radius 2 is 1.33 bits per heavy atom. The average molecular weight is 518 g/mol. The zero-order valence-electron chi connectivity index (χ0n) is 17.5. The van der Waals surface area contributed by atoms with E-state index < -0.39 is 47.3 Å². The largest absolute Gasteiger partial charge is 1.00 e. The van der Waals surface area contributed by atoms with Crippen LogP contribution in [0.3, 0.4) is 0 Å². The van der Waals surface area contributed by atoms with Crippen molar-refractivity contribution in [2.75, 3.05) is 0 Å². The van der Waals surface area contributed by atoms with Gasteiger partial charge in [0.25, 0.3) is 0 Å². The van der Waals surface area contributed by atoms with E-state index in [1.165, 1.54) is 0 Å². The third-order valence-corrected chi connectivity index (χ3v) is 5.69. The number of carbonyl (C=O) groups is 1. The molecule has 0 unspecified atom stereocenters. The van der Waals surface area contributed by atoms with Gasteiger partial charge in [0.15, 0.2) is 0 Å². The number of azo groups is 1. The number of fused-ring (bicyclic) bond motifs is 1. The maximum atomic E-state index is 11.6.